The lowest BCUT2D eigenvalue weighted by atomic mass is 10.3. The first-order valence-corrected chi connectivity index (χ1v) is 6.62. The minimum atomic E-state index is -0.231. The van der Waals surface area contributed by atoms with Crippen LogP contribution >= 0.6 is 22.6 Å². The Kier molecular flexibility index (Phi) is 3.95. The van der Waals surface area contributed by atoms with Gasteiger partial charge >= 0.3 is 0 Å². The van der Waals surface area contributed by atoms with E-state index in [9.17, 15) is 4.79 Å². The lowest BCUT2D eigenvalue weighted by molar-refractivity contribution is 0.0940. The quantitative estimate of drug-likeness (QED) is 0.858. The van der Waals surface area contributed by atoms with Crippen LogP contribution in [0, 0.1) is 3.57 Å². The Morgan fingerprint density at radius 3 is 2.83 bits per heavy atom. The lowest BCUT2D eigenvalue weighted by Gasteiger charge is -2.09. The third kappa shape index (κ3) is 3.06. The van der Waals surface area contributed by atoms with Crippen molar-refractivity contribution in [3.05, 3.63) is 39.9 Å². The van der Waals surface area contributed by atoms with Crippen molar-refractivity contribution in [3.8, 4) is 0 Å². The average molecular weight is 356 g/mol. The van der Waals surface area contributed by atoms with Gasteiger partial charge in [-0.05, 0) is 48.6 Å². The molecule has 2 aromatic rings. The summed E-state index contributed by atoms with van der Waals surface area (Å²) in [4.78, 5) is 16.4. The van der Waals surface area contributed by atoms with Crippen molar-refractivity contribution >= 4 is 34.3 Å². The van der Waals surface area contributed by atoms with Crippen LogP contribution < -0.4 is 5.32 Å². The van der Waals surface area contributed by atoms with Crippen LogP contribution in [0.1, 0.15) is 24.3 Å². The Balaban J connectivity index is 2.25. The molecule has 5 nitrogen and oxygen atoms in total. The Morgan fingerprint density at radius 2 is 2.22 bits per heavy atom. The highest BCUT2D eigenvalue weighted by Crippen LogP contribution is 2.09. The first-order chi connectivity index (χ1) is 8.56. The van der Waals surface area contributed by atoms with E-state index in [0.29, 0.717) is 11.5 Å². The molecule has 0 saturated heterocycles. The molecule has 0 bridgehead atoms. The second kappa shape index (κ2) is 5.47. The van der Waals surface area contributed by atoms with Gasteiger partial charge in [0.15, 0.2) is 0 Å². The van der Waals surface area contributed by atoms with Gasteiger partial charge in [-0.2, -0.15) is 5.10 Å². The summed E-state index contributed by atoms with van der Waals surface area (Å²) in [6.45, 7) is 4.04. The van der Waals surface area contributed by atoms with Crippen LogP contribution in [0.5, 0.6) is 0 Å². The highest BCUT2D eigenvalue weighted by atomic mass is 127. The number of aromatic nitrogens is 3. The van der Waals surface area contributed by atoms with Crippen molar-refractivity contribution in [2.24, 2.45) is 0 Å². The minimum Gasteiger partial charge on any atom is -0.368 e. The summed E-state index contributed by atoms with van der Waals surface area (Å²) < 4.78 is 2.21. The molecule has 0 aliphatic heterocycles. The van der Waals surface area contributed by atoms with Crippen LogP contribution in [0.25, 0.3) is 0 Å². The number of carbonyl (C=O) groups is 1. The zero-order valence-corrected chi connectivity index (χ0v) is 12.2. The minimum absolute atomic E-state index is 0.231. The Bertz CT molecular complexity index is 565. The predicted octanol–water partition coefficient (Wildman–Crippen LogP) is 2.39. The molecule has 1 N–H and O–H groups in total. The average Bonchev–Trinajstić information content (AvgIpc) is 2.74. The van der Waals surface area contributed by atoms with Gasteiger partial charge in [-0.1, -0.05) is 6.07 Å². The van der Waals surface area contributed by atoms with Gasteiger partial charge in [0, 0.05) is 12.2 Å². The van der Waals surface area contributed by atoms with Gasteiger partial charge in [-0.15, -0.1) is 0 Å². The van der Waals surface area contributed by atoms with Gasteiger partial charge in [0.25, 0.3) is 5.91 Å². The monoisotopic (exact) mass is 356 g/mol. The molecule has 0 unspecified atom stereocenters. The largest absolute Gasteiger partial charge is 0.368 e. The van der Waals surface area contributed by atoms with Crippen molar-refractivity contribution in [2.45, 2.75) is 19.9 Å². The van der Waals surface area contributed by atoms with Crippen LogP contribution in [0.3, 0.4) is 0 Å². The number of rotatable bonds is 3. The van der Waals surface area contributed by atoms with Crippen LogP contribution in [0.2, 0.25) is 0 Å². The summed E-state index contributed by atoms with van der Waals surface area (Å²) in [7, 11) is 0. The standard InChI is InChI=1S/C12H13IN4O/c1-8(2)15-11-5-3-4-10(16-11)12(18)17-7-9(13)6-14-17/h3-8H,1-2H3,(H,15,16). The molecule has 94 valence electrons. The zero-order chi connectivity index (χ0) is 13.1. The van der Waals surface area contributed by atoms with E-state index in [1.165, 1.54) is 4.68 Å². The summed E-state index contributed by atoms with van der Waals surface area (Å²) in [6, 6.07) is 5.60. The molecule has 0 aliphatic rings. The maximum atomic E-state index is 12.1. The molecule has 0 saturated carbocycles. The van der Waals surface area contributed by atoms with E-state index in [-0.39, 0.29) is 11.9 Å². The summed E-state index contributed by atoms with van der Waals surface area (Å²) in [6.07, 6.45) is 3.31. The second-order valence-electron chi connectivity index (χ2n) is 4.12. The molecule has 0 radical (unpaired) electrons. The molecule has 0 fully saturated rings. The van der Waals surface area contributed by atoms with E-state index >= 15 is 0 Å². The van der Waals surface area contributed by atoms with Gasteiger partial charge in [0.1, 0.15) is 11.5 Å². The highest BCUT2D eigenvalue weighted by molar-refractivity contribution is 14.1. The summed E-state index contributed by atoms with van der Waals surface area (Å²) in [5.41, 5.74) is 0.375. The van der Waals surface area contributed by atoms with E-state index in [0.717, 1.165) is 3.57 Å². The van der Waals surface area contributed by atoms with Gasteiger partial charge < -0.3 is 5.32 Å². The van der Waals surface area contributed by atoms with E-state index in [1.807, 2.05) is 19.9 Å². The fourth-order valence-electron chi connectivity index (χ4n) is 1.46. The number of nitrogens with one attached hydrogen (secondary N) is 1. The zero-order valence-electron chi connectivity index (χ0n) is 10.1. The maximum absolute atomic E-state index is 12.1. The van der Waals surface area contributed by atoms with E-state index in [2.05, 4.69) is 38.0 Å². The summed E-state index contributed by atoms with van der Waals surface area (Å²) in [5, 5.41) is 7.14. The molecule has 0 aliphatic carbocycles. The van der Waals surface area contributed by atoms with Crippen LogP contribution in [0.15, 0.2) is 30.6 Å². The molecule has 0 spiro atoms. The molecule has 18 heavy (non-hydrogen) atoms. The van der Waals surface area contributed by atoms with Gasteiger partial charge in [-0.3, -0.25) is 4.79 Å². The number of carbonyl (C=O) groups excluding carboxylic acids is 1. The number of nitrogens with zero attached hydrogens (tertiary/aromatic N) is 3. The van der Waals surface area contributed by atoms with E-state index < -0.39 is 0 Å². The fraction of sp³-hybridized carbons (Fsp3) is 0.250. The molecule has 2 aromatic heterocycles. The molecular weight excluding hydrogens is 343 g/mol. The molecule has 6 heteroatoms. The Labute approximate surface area is 119 Å². The van der Waals surface area contributed by atoms with Gasteiger partial charge in [0.2, 0.25) is 0 Å². The number of pyridine rings is 1. The molecule has 0 amide bonds. The molecule has 0 aromatic carbocycles. The van der Waals surface area contributed by atoms with E-state index in [4.69, 9.17) is 0 Å². The molecule has 2 rings (SSSR count). The third-order valence-electron chi connectivity index (χ3n) is 2.16. The first-order valence-electron chi connectivity index (χ1n) is 5.55. The Hall–Kier alpha value is -1.44. The molecule has 0 atom stereocenters. The third-order valence-corrected chi connectivity index (χ3v) is 2.72. The van der Waals surface area contributed by atoms with Crippen LogP contribution in [0.4, 0.5) is 5.82 Å². The van der Waals surface area contributed by atoms with Gasteiger partial charge in [-0.25, -0.2) is 9.67 Å². The van der Waals surface area contributed by atoms with Crippen molar-refractivity contribution in [2.75, 3.05) is 5.32 Å². The fourth-order valence-corrected chi connectivity index (χ4v) is 1.85. The predicted molar refractivity (Wildman–Crippen MR) is 77.7 cm³/mol. The van der Waals surface area contributed by atoms with Crippen LogP contribution in [-0.2, 0) is 0 Å². The van der Waals surface area contributed by atoms with Crippen molar-refractivity contribution in [1.82, 2.24) is 14.8 Å². The SMILES string of the molecule is CC(C)Nc1cccc(C(=O)n2cc(I)cn2)n1. The normalized spacial score (nSPS) is 10.7. The number of hydrogen-bond donors (Lipinski definition) is 1. The lowest BCUT2D eigenvalue weighted by Crippen LogP contribution is -2.16. The highest BCUT2D eigenvalue weighted by Gasteiger charge is 2.11. The summed E-state index contributed by atoms with van der Waals surface area (Å²) in [5.74, 6) is 0.461. The maximum Gasteiger partial charge on any atom is 0.296 e. The van der Waals surface area contributed by atoms with Crippen molar-refractivity contribution in [1.29, 1.82) is 0 Å². The number of anilines is 1. The van der Waals surface area contributed by atoms with E-state index in [1.54, 1.807) is 24.5 Å². The van der Waals surface area contributed by atoms with Crippen LogP contribution in [-0.4, -0.2) is 26.7 Å². The number of hydrogen-bond acceptors (Lipinski definition) is 4. The van der Waals surface area contributed by atoms with Crippen molar-refractivity contribution in [3.63, 3.8) is 0 Å². The molecule has 2 heterocycles. The topological polar surface area (TPSA) is 59.8 Å². The second-order valence-corrected chi connectivity index (χ2v) is 5.36. The Morgan fingerprint density at radius 1 is 1.44 bits per heavy atom. The molecular formula is C12H13IN4O. The first kappa shape index (κ1) is 13.0. The summed E-state index contributed by atoms with van der Waals surface area (Å²) >= 11 is 2.11. The number of halogens is 1. The van der Waals surface area contributed by atoms with Crippen molar-refractivity contribution < 1.29 is 4.79 Å². The smallest absolute Gasteiger partial charge is 0.296 e. The van der Waals surface area contributed by atoms with Gasteiger partial charge in [0.05, 0.1) is 9.77 Å².